The van der Waals surface area contributed by atoms with Gasteiger partial charge in [-0.15, -0.1) is 11.3 Å². The van der Waals surface area contributed by atoms with Crippen LogP contribution in [0.5, 0.6) is 0 Å². The maximum Gasteiger partial charge on any atom is 0.272 e. The fraction of sp³-hybridized carbons (Fsp3) is 0.214. The van der Waals surface area contributed by atoms with Crippen molar-refractivity contribution in [3.8, 4) is 11.3 Å². The van der Waals surface area contributed by atoms with Gasteiger partial charge in [0.2, 0.25) is 5.91 Å². The number of aromatic nitrogens is 3. The van der Waals surface area contributed by atoms with Crippen molar-refractivity contribution < 1.29 is 4.79 Å². The Morgan fingerprint density at radius 3 is 2.54 bits per heavy atom. The van der Waals surface area contributed by atoms with E-state index in [4.69, 9.17) is 9.97 Å². The van der Waals surface area contributed by atoms with Crippen LogP contribution in [0.15, 0.2) is 71.5 Å². The summed E-state index contributed by atoms with van der Waals surface area (Å²) in [5, 5.41) is 0.877. The Morgan fingerprint density at radius 1 is 0.971 bits per heavy atom. The molecule has 0 radical (unpaired) electrons. The summed E-state index contributed by atoms with van der Waals surface area (Å²) in [6.45, 7) is 3.21. The smallest absolute Gasteiger partial charge is 0.272 e. The summed E-state index contributed by atoms with van der Waals surface area (Å²) in [5.41, 5.74) is 4.87. The largest absolute Gasteiger partial charge is 0.336 e. The number of hydrogen-bond donors (Lipinski definition) is 0. The van der Waals surface area contributed by atoms with Crippen LogP contribution in [0.1, 0.15) is 23.9 Å². The maximum absolute atomic E-state index is 13.6. The van der Waals surface area contributed by atoms with E-state index in [1.807, 2.05) is 66.4 Å². The number of nitrogens with zero attached hydrogens (tertiary/aromatic N) is 4. The quantitative estimate of drug-likeness (QED) is 0.370. The van der Waals surface area contributed by atoms with E-state index in [1.165, 1.54) is 22.5 Å². The first-order valence-corrected chi connectivity index (χ1v) is 12.7. The molecule has 7 heteroatoms. The molecule has 0 atom stereocenters. The number of rotatable bonds is 4. The van der Waals surface area contributed by atoms with Crippen LogP contribution in [0, 0.1) is 0 Å². The molecule has 2 aromatic carbocycles. The maximum atomic E-state index is 13.6. The molecule has 0 spiro atoms. The molecule has 0 N–H and O–H groups in total. The predicted molar refractivity (Wildman–Crippen MR) is 140 cm³/mol. The molecule has 0 aliphatic carbocycles. The second-order valence-corrected chi connectivity index (χ2v) is 9.80. The second-order valence-electron chi connectivity index (χ2n) is 8.80. The van der Waals surface area contributed by atoms with Crippen LogP contribution in [0.2, 0.25) is 0 Å². The summed E-state index contributed by atoms with van der Waals surface area (Å²) >= 11 is 1.35. The van der Waals surface area contributed by atoms with E-state index in [2.05, 4.69) is 12.1 Å². The van der Waals surface area contributed by atoms with Crippen LogP contribution >= 0.6 is 11.3 Å². The Balaban J connectivity index is 1.37. The van der Waals surface area contributed by atoms with Crippen molar-refractivity contribution in [2.45, 2.75) is 32.9 Å². The van der Waals surface area contributed by atoms with E-state index in [-0.39, 0.29) is 18.0 Å². The van der Waals surface area contributed by atoms with Crippen molar-refractivity contribution in [2.75, 3.05) is 6.54 Å². The first-order valence-electron chi connectivity index (χ1n) is 11.9. The van der Waals surface area contributed by atoms with Gasteiger partial charge in [0.1, 0.15) is 21.9 Å². The molecule has 1 aliphatic rings. The molecule has 0 bridgehead atoms. The number of amides is 1. The molecular formula is C28H24N4O2S. The summed E-state index contributed by atoms with van der Waals surface area (Å²) in [7, 11) is 0. The zero-order valence-corrected chi connectivity index (χ0v) is 20.2. The number of fused-ring (bicyclic) bond motifs is 4. The van der Waals surface area contributed by atoms with Gasteiger partial charge in [-0.3, -0.25) is 14.2 Å². The van der Waals surface area contributed by atoms with Crippen molar-refractivity contribution in [1.29, 1.82) is 0 Å². The minimum absolute atomic E-state index is 0.00402. The van der Waals surface area contributed by atoms with Gasteiger partial charge in [-0.2, -0.15) is 0 Å². The molecule has 5 aromatic rings. The van der Waals surface area contributed by atoms with Crippen molar-refractivity contribution in [3.05, 3.63) is 94.0 Å². The lowest BCUT2D eigenvalue weighted by molar-refractivity contribution is -0.132. The van der Waals surface area contributed by atoms with Crippen molar-refractivity contribution in [3.63, 3.8) is 0 Å². The van der Waals surface area contributed by atoms with Gasteiger partial charge in [0.15, 0.2) is 0 Å². The molecule has 0 saturated carbocycles. The number of carbonyl (C=O) groups excluding carboxylic acids is 1. The highest BCUT2D eigenvalue weighted by Crippen LogP contribution is 2.31. The Kier molecular flexibility index (Phi) is 5.41. The number of hydrogen-bond acceptors (Lipinski definition) is 5. The summed E-state index contributed by atoms with van der Waals surface area (Å²) in [4.78, 5) is 39.1. The molecular weight excluding hydrogens is 456 g/mol. The first-order chi connectivity index (χ1) is 17.1. The predicted octanol–water partition coefficient (Wildman–Crippen LogP) is 4.82. The molecule has 1 aliphatic heterocycles. The highest BCUT2D eigenvalue weighted by molar-refractivity contribution is 7.25. The minimum atomic E-state index is -0.165. The number of benzene rings is 2. The molecule has 0 unspecified atom stereocenters. The van der Waals surface area contributed by atoms with E-state index in [0.717, 1.165) is 27.9 Å². The van der Waals surface area contributed by atoms with Gasteiger partial charge < -0.3 is 4.90 Å². The fourth-order valence-corrected chi connectivity index (χ4v) is 5.86. The standard InChI is InChI=1S/C28H24N4O2S/c1-2-23-30-25-21-12-13-22(19-9-4-3-5-10-19)29-27(21)35-26(25)28(34)32(23)17-24(33)31-15-14-18-8-6-7-11-20(18)16-31/h3-13H,2,14-17H2,1H3. The van der Waals surface area contributed by atoms with E-state index >= 15 is 0 Å². The lowest BCUT2D eigenvalue weighted by Gasteiger charge is -2.29. The van der Waals surface area contributed by atoms with Crippen LogP contribution in [-0.2, 0) is 30.7 Å². The van der Waals surface area contributed by atoms with E-state index in [9.17, 15) is 9.59 Å². The van der Waals surface area contributed by atoms with Gasteiger partial charge in [-0.25, -0.2) is 9.97 Å². The normalized spacial score (nSPS) is 13.3. The van der Waals surface area contributed by atoms with Gasteiger partial charge in [0.25, 0.3) is 5.56 Å². The molecule has 3 aromatic heterocycles. The van der Waals surface area contributed by atoms with Gasteiger partial charge >= 0.3 is 0 Å². The van der Waals surface area contributed by atoms with Crippen molar-refractivity contribution in [1.82, 2.24) is 19.4 Å². The lowest BCUT2D eigenvalue weighted by Crippen LogP contribution is -2.40. The van der Waals surface area contributed by atoms with Gasteiger partial charge in [0.05, 0.1) is 11.2 Å². The van der Waals surface area contributed by atoms with Crippen molar-refractivity contribution in [2.24, 2.45) is 0 Å². The topological polar surface area (TPSA) is 68.1 Å². The van der Waals surface area contributed by atoms with Crippen LogP contribution in [0.4, 0.5) is 0 Å². The van der Waals surface area contributed by atoms with Crippen LogP contribution in [0.25, 0.3) is 31.7 Å². The number of thiophene rings is 1. The molecule has 1 amide bonds. The highest BCUT2D eigenvalue weighted by atomic mass is 32.1. The van der Waals surface area contributed by atoms with Crippen LogP contribution in [0.3, 0.4) is 0 Å². The summed E-state index contributed by atoms with van der Waals surface area (Å²) < 4.78 is 2.10. The molecule has 0 fully saturated rings. The van der Waals surface area contributed by atoms with Crippen LogP contribution < -0.4 is 5.56 Å². The van der Waals surface area contributed by atoms with Gasteiger partial charge in [0, 0.05) is 30.5 Å². The summed E-state index contributed by atoms with van der Waals surface area (Å²) in [6, 6.07) is 22.2. The zero-order valence-electron chi connectivity index (χ0n) is 19.4. The Bertz CT molecular complexity index is 1640. The molecule has 6 rings (SSSR count). The monoisotopic (exact) mass is 480 g/mol. The fourth-order valence-electron chi connectivity index (χ4n) is 4.80. The third-order valence-corrected chi connectivity index (χ3v) is 7.76. The molecule has 35 heavy (non-hydrogen) atoms. The minimum Gasteiger partial charge on any atom is -0.336 e. The van der Waals surface area contributed by atoms with Gasteiger partial charge in [-0.1, -0.05) is 61.5 Å². The first kappa shape index (κ1) is 21.7. The second kappa shape index (κ2) is 8.74. The Hall–Kier alpha value is -3.84. The Morgan fingerprint density at radius 2 is 1.74 bits per heavy atom. The molecule has 4 heterocycles. The summed E-state index contributed by atoms with van der Waals surface area (Å²) in [6.07, 6.45) is 1.40. The van der Waals surface area contributed by atoms with E-state index in [0.29, 0.717) is 35.6 Å². The lowest BCUT2D eigenvalue weighted by atomic mass is 10.00. The average Bonchev–Trinajstić information content (AvgIpc) is 3.28. The number of pyridine rings is 1. The molecule has 174 valence electrons. The van der Waals surface area contributed by atoms with E-state index in [1.54, 1.807) is 4.57 Å². The molecule has 6 nitrogen and oxygen atoms in total. The third-order valence-electron chi connectivity index (χ3n) is 6.68. The van der Waals surface area contributed by atoms with Crippen molar-refractivity contribution >= 4 is 37.7 Å². The number of carbonyl (C=O) groups is 1. The van der Waals surface area contributed by atoms with Gasteiger partial charge in [-0.05, 0) is 29.7 Å². The van der Waals surface area contributed by atoms with E-state index < -0.39 is 0 Å². The summed E-state index contributed by atoms with van der Waals surface area (Å²) in [5.74, 6) is 0.572. The number of aryl methyl sites for hydroxylation is 1. The SMILES string of the molecule is CCc1nc2c(sc3nc(-c4ccccc4)ccc32)c(=O)n1CC(=O)N1CCc2ccccc2C1. The Labute approximate surface area is 206 Å². The third kappa shape index (κ3) is 3.82. The van der Waals surface area contributed by atoms with Crippen LogP contribution in [-0.4, -0.2) is 31.9 Å². The zero-order chi connectivity index (χ0) is 23.9. The molecule has 0 saturated heterocycles. The highest BCUT2D eigenvalue weighted by Gasteiger charge is 2.23. The average molecular weight is 481 g/mol.